The van der Waals surface area contributed by atoms with Gasteiger partial charge in [0.1, 0.15) is 11.6 Å². The van der Waals surface area contributed by atoms with Crippen LogP contribution in [0.2, 0.25) is 0 Å². The highest BCUT2D eigenvalue weighted by Gasteiger charge is 2.29. The van der Waals surface area contributed by atoms with Crippen molar-refractivity contribution in [3.8, 4) is 0 Å². The largest absolute Gasteiger partial charge is 0.348 e. The van der Waals surface area contributed by atoms with E-state index < -0.39 is 0 Å². The molecule has 0 aromatic carbocycles. The van der Waals surface area contributed by atoms with Crippen LogP contribution in [0.15, 0.2) is 17.5 Å². The van der Waals surface area contributed by atoms with E-state index in [1.807, 2.05) is 0 Å². The van der Waals surface area contributed by atoms with Gasteiger partial charge in [0.2, 0.25) is 5.91 Å². The van der Waals surface area contributed by atoms with Gasteiger partial charge in [0, 0.05) is 42.4 Å². The van der Waals surface area contributed by atoms with Gasteiger partial charge in [-0.25, -0.2) is 0 Å². The third kappa shape index (κ3) is 6.09. The van der Waals surface area contributed by atoms with Gasteiger partial charge in [-0.3, -0.25) is 4.79 Å². The molecule has 1 amide bonds. The predicted molar refractivity (Wildman–Crippen MR) is 139 cm³/mol. The fourth-order valence-electron chi connectivity index (χ4n) is 5.84. The summed E-state index contributed by atoms with van der Waals surface area (Å²) in [5.74, 6) is 3.84. The number of aryl methyl sites for hydroxylation is 1. The number of nitrogens with one attached hydrogen (secondary N) is 1. The molecule has 34 heavy (non-hydrogen) atoms. The second-order valence-electron chi connectivity index (χ2n) is 10.7. The number of amides is 1. The van der Waals surface area contributed by atoms with Gasteiger partial charge in [0.05, 0.1) is 6.04 Å². The van der Waals surface area contributed by atoms with Gasteiger partial charge in [-0.15, -0.1) is 21.5 Å². The van der Waals surface area contributed by atoms with Crippen LogP contribution in [-0.2, 0) is 4.79 Å². The average molecular weight is 486 g/mol. The lowest BCUT2D eigenvalue weighted by Gasteiger charge is -2.34. The minimum atomic E-state index is 0.127. The van der Waals surface area contributed by atoms with Crippen molar-refractivity contribution in [3.05, 3.63) is 34.0 Å². The molecular formula is C27H43N5OS. The monoisotopic (exact) mass is 485 g/mol. The van der Waals surface area contributed by atoms with Crippen LogP contribution in [0, 0.1) is 18.8 Å². The van der Waals surface area contributed by atoms with E-state index in [9.17, 15) is 4.79 Å². The quantitative estimate of drug-likeness (QED) is 0.482. The lowest BCUT2D eigenvalue weighted by molar-refractivity contribution is -0.127. The molecule has 7 heteroatoms. The summed E-state index contributed by atoms with van der Waals surface area (Å²) in [5, 5.41) is 14.4. The Hall–Kier alpha value is -1.73. The molecule has 188 valence electrons. The SMILES string of the molecule is CCC1CCC(C(=O)N[C@@H](CCN2CCC(n3c(C)nnc3C(C)C)CC2)c2cccs2)CC1. The summed E-state index contributed by atoms with van der Waals surface area (Å²) in [4.78, 5) is 17.0. The standard InChI is InChI=1S/C27H43N5OS/c1-5-21-8-10-22(11-9-21)27(33)28-24(25-7-6-18-34-25)14-17-31-15-12-23(13-16-31)32-20(4)29-30-26(32)19(2)3/h6-7,18-19,21-24H,5,8-17H2,1-4H3,(H,28,33)/t21?,22?,24-/m0/s1. The number of aromatic nitrogens is 3. The molecule has 0 radical (unpaired) electrons. The minimum absolute atomic E-state index is 0.127. The number of piperidine rings is 1. The molecule has 1 aliphatic carbocycles. The Morgan fingerprint density at radius 3 is 2.50 bits per heavy atom. The molecule has 1 atom stereocenters. The molecular weight excluding hydrogens is 442 g/mol. The molecule has 1 N–H and O–H groups in total. The predicted octanol–water partition coefficient (Wildman–Crippen LogP) is 5.87. The first-order chi connectivity index (χ1) is 16.5. The Morgan fingerprint density at radius 1 is 1.15 bits per heavy atom. The molecule has 1 saturated carbocycles. The molecule has 1 aliphatic heterocycles. The van der Waals surface area contributed by atoms with Gasteiger partial charge in [0.15, 0.2) is 0 Å². The summed E-state index contributed by atoms with van der Waals surface area (Å²) >= 11 is 1.76. The van der Waals surface area contributed by atoms with Crippen LogP contribution < -0.4 is 5.32 Å². The highest BCUT2D eigenvalue weighted by molar-refractivity contribution is 7.10. The molecule has 4 rings (SSSR count). The van der Waals surface area contributed by atoms with E-state index in [-0.39, 0.29) is 17.9 Å². The summed E-state index contributed by atoms with van der Waals surface area (Å²) < 4.78 is 2.38. The molecule has 3 heterocycles. The topological polar surface area (TPSA) is 63.1 Å². The molecule has 2 fully saturated rings. The zero-order valence-corrected chi connectivity index (χ0v) is 22.3. The number of carbonyl (C=O) groups is 1. The van der Waals surface area contributed by atoms with Crippen LogP contribution in [0.5, 0.6) is 0 Å². The van der Waals surface area contributed by atoms with Crippen LogP contribution in [0.1, 0.15) is 107 Å². The zero-order valence-electron chi connectivity index (χ0n) is 21.5. The maximum atomic E-state index is 13.1. The van der Waals surface area contributed by atoms with Crippen molar-refractivity contribution in [2.45, 2.75) is 97.1 Å². The Morgan fingerprint density at radius 2 is 1.88 bits per heavy atom. The van der Waals surface area contributed by atoms with Crippen molar-refractivity contribution >= 4 is 17.2 Å². The second kappa shape index (κ2) is 11.8. The van der Waals surface area contributed by atoms with Crippen molar-refractivity contribution < 1.29 is 4.79 Å². The fraction of sp³-hybridized carbons (Fsp3) is 0.741. The van der Waals surface area contributed by atoms with Gasteiger partial charge >= 0.3 is 0 Å². The number of rotatable bonds is 9. The lowest BCUT2D eigenvalue weighted by atomic mass is 9.80. The summed E-state index contributed by atoms with van der Waals surface area (Å²) in [7, 11) is 0. The molecule has 2 aromatic rings. The number of hydrogen-bond donors (Lipinski definition) is 1. The number of thiophene rings is 1. The summed E-state index contributed by atoms with van der Waals surface area (Å²) in [6, 6.07) is 4.90. The fourth-order valence-corrected chi connectivity index (χ4v) is 6.65. The first-order valence-corrected chi connectivity index (χ1v) is 14.3. The molecule has 0 unspecified atom stereocenters. The van der Waals surface area contributed by atoms with Crippen molar-refractivity contribution in [3.63, 3.8) is 0 Å². The lowest BCUT2D eigenvalue weighted by Crippen LogP contribution is -2.39. The van der Waals surface area contributed by atoms with Gasteiger partial charge in [-0.05, 0) is 69.2 Å². The van der Waals surface area contributed by atoms with Crippen LogP contribution in [-0.4, -0.2) is 45.2 Å². The van der Waals surface area contributed by atoms with Crippen molar-refractivity contribution in [2.24, 2.45) is 11.8 Å². The van der Waals surface area contributed by atoms with Crippen molar-refractivity contribution in [1.29, 1.82) is 0 Å². The smallest absolute Gasteiger partial charge is 0.223 e. The van der Waals surface area contributed by atoms with Crippen LogP contribution in [0.25, 0.3) is 0 Å². The molecule has 6 nitrogen and oxygen atoms in total. The Balaban J connectivity index is 1.30. The van der Waals surface area contributed by atoms with Crippen LogP contribution in [0.3, 0.4) is 0 Å². The Bertz CT molecular complexity index is 892. The van der Waals surface area contributed by atoms with Gasteiger partial charge in [-0.2, -0.15) is 0 Å². The number of carbonyl (C=O) groups excluding carboxylic acids is 1. The summed E-state index contributed by atoms with van der Waals surface area (Å²) in [6.07, 6.45) is 9.01. The number of likely N-dealkylation sites (tertiary alicyclic amines) is 1. The molecule has 2 aromatic heterocycles. The first-order valence-electron chi connectivity index (χ1n) is 13.4. The van der Waals surface area contributed by atoms with Crippen molar-refractivity contribution in [2.75, 3.05) is 19.6 Å². The molecule has 2 aliphatic rings. The maximum Gasteiger partial charge on any atom is 0.223 e. The molecule has 0 spiro atoms. The summed E-state index contributed by atoms with van der Waals surface area (Å²) in [6.45, 7) is 12.0. The average Bonchev–Trinajstić information content (AvgIpc) is 3.52. The van der Waals surface area contributed by atoms with E-state index in [0.29, 0.717) is 12.0 Å². The van der Waals surface area contributed by atoms with E-state index >= 15 is 0 Å². The highest BCUT2D eigenvalue weighted by Crippen LogP contribution is 2.32. The van der Waals surface area contributed by atoms with E-state index in [2.05, 4.69) is 70.2 Å². The second-order valence-corrected chi connectivity index (χ2v) is 11.7. The number of nitrogens with zero attached hydrogens (tertiary/aromatic N) is 4. The molecule has 0 bridgehead atoms. The highest BCUT2D eigenvalue weighted by atomic mass is 32.1. The van der Waals surface area contributed by atoms with Gasteiger partial charge in [-0.1, -0.05) is 33.3 Å². The third-order valence-corrected chi connectivity index (χ3v) is 9.05. The third-order valence-electron chi connectivity index (χ3n) is 8.06. The van der Waals surface area contributed by atoms with E-state index in [1.54, 1.807) is 11.3 Å². The van der Waals surface area contributed by atoms with E-state index in [0.717, 1.165) is 69.3 Å². The van der Waals surface area contributed by atoms with E-state index in [1.165, 1.54) is 24.1 Å². The zero-order chi connectivity index (χ0) is 24.1. The summed E-state index contributed by atoms with van der Waals surface area (Å²) in [5.41, 5.74) is 0. The Labute approximate surface area is 209 Å². The Kier molecular flexibility index (Phi) is 8.81. The number of hydrogen-bond acceptors (Lipinski definition) is 5. The van der Waals surface area contributed by atoms with Gasteiger partial charge < -0.3 is 14.8 Å². The van der Waals surface area contributed by atoms with E-state index in [4.69, 9.17) is 0 Å². The van der Waals surface area contributed by atoms with Crippen LogP contribution in [0.4, 0.5) is 0 Å². The van der Waals surface area contributed by atoms with Crippen molar-refractivity contribution in [1.82, 2.24) is 25.0 Å². The normalized spacial score (nSPS) is 23.3. The first kappa shape index (κ1) is 25.4. The van der Waals surface area contributed by atoms with Crippen LogP contribution >= 0.6 is 11.3 Å². The van der Waals surface area contributed by atoms with Gasteiger partial charge in [0.25, 0.3) is 0 Å². The molecule has 1 saturated heterocycles. The maximum absolute atomic E-state index is 13.1. The minimum Gasteiger partial charge on any atom is -0.348 e.